The molecule has 0 bridgehead atoms. The Morgan fingerprint density at radius 3 is 2.35 bits per heavy atom. The smallest absolute Gasteiger partial charge is 0.227 e. The second-order valence-corrected chi connectivity index (χ2v) is 4.69. The van der Waals surface area contributed by atoms with E-state index in [2.05, 4.69) is 6.07 Å². The van der Waals surface area contributed by atoms with Crippen LogP contribution in [0.25, 0.3) is 0 Å². The monoisotopic (exact) mass is 279 g/mol. The topological polar surface area (TPSA) is 47.3 Å². The molecule has 106 valence electrons. The third kappa shape index (κ3) is 3.31. The number of piperazine rings is 1. The lowest BCUT2D eigenvalue weighted by Crippen LogP contribution is -2.49. The van der Waals surface area contributed by atoms with Crippen LogP contribution in [0.15, 0.2) is 18.2 Å². The number of benzene rings is 1. The molecule has 6 heteroatoms. The molecule has 0 saturated carbocycles. The Labute approximate surface area is 116 Å². The molecule has 0 spiro atoms. The van der Waals surface area contributed by atoms with Gasteiger partial charge in [0.1, 0.15) is 11.6 Å². The van der Waals surface area contributed by atoms with Crippen molar-refractivity contribution >= 4 is 5.91 Å². The number of nitriles is 1. The van der Waals surface area contributed by atoms with Crippen LogP contribution in [0.4, 0.5) is 8.78 Å². The molecule has 0 radical (unpaired) electrons. The second-order valence-electron chi connectivity index (χ2n) is 4.69. The molecule has 0 N–H and O–H groups in total. The molecule has 1 aliphatic heterocycles. The fourth-order valence-corrected chi connectivity index (χ4v) is 2.22. The van der Waals surface area contributed by atoms with Crippen molar-refractivity contribution in [3.05, 3.63) is 35.4 Å². The highest BCUT2D eigenvalue weighted by atomic mass is 19.1. The first-order valence-electron chi connectivity index (χ1n) is 6.42. The average Bonchev–Trinajstić information content (AvgIpc) is 2.44. The predicted octanol–water partition coefficient (Wildman–Crippen LogP) is 1.18. The van der Waals surface area contributed by atoms with Gasteiger partial charge in [0.15, 0.2) is 0 Å². The van der Waals surface area contributed by atoms with Gasteiger partial charge < -0.3 is 4.90 Å². The number of amides is 1. The third-order valence-corrected chi connectivity index (χ3v) is 3.41. The van der Waals surface area contributed by atoms with E-state index in [1.165, 1.54) is 6.07 Å². The van der Waals surface area contributed by atoms with Gasteiger partial charge in [-0.05, 0) is 12.1 Å². The third-order valence-electron chi connectivity index (χ3n) is 3.41. The molecule has 0 aromatic heterocycles. The maximum absolute atomic E-state index is 13.5. The van der Waals surface area contributed by atoms with Gasteiger partial charge in [-0.25, -0.2) is 8.78 Å². The van der Waals surface area contributed by atoms with Crippen molar-refractivity contribution in [2.24, 2.45) is 0 Å². The summed E-state index contributed by atoms with van der Waals surface area (Å²) in [7, 11) is 0. The first kappa shape index (κ1) is 14.4. The summed E-state index contributed by atoms with van der Waals surface area (Å²) < 4.78 is 27.0. The quantitative estimate of drug-likeness (QED) is 0.780. The zero-order valence-corrected chi connectivity index (χ0v) is 11.0. The molecule has 1 aromatic rings. The minimum Gasteiger partial charge on any atom is -0.340 e. The van der Waals surface area contributed by atoms with Gasteiger partial charge in [0.2, 0.25) is 5.91 Å². The van der Waals surface area contributed by atoms with Crippen LogP contribution in [0.5, 0.6) is 0 Å². The molecule has 0 unspecified atom stereocenters. The van der Waals surface area contributed by atoms with E-state index in [1.807, 2.05) is 4.90 Å². The maximum atomic E-state index is 13.5. The van der Waals surface area contributed by atoms with Gasteiger partial charge in [0, 0.05) is 31.7 Å². The average molecular weight is 279 g/mol. The molecule has 0 atom stereocenters. The number of carbonyl (C=O) groups excluding carboxylic acids is 1. The summed E-state index contributed by atoms with van der Waals surface area (Å²) in [5.41, 5.74) is -0.183. The van der Waals surface area contributed by atoms with Crippen molar-refractivity contribution < 1.29 is 13.6 Å². The molecule has 2 rings (SSSR count). The van der Waals surface area contributed by atoms with Gasteiger partial charge in [-0.2, -0.15) is 5.26 Å². The number of hydrogen-bond acceptors (Lipinski definition) is 3. The van der Waals surface area contributed by atoms with E-state index >= 15 is 0 Å². The first-order chi connectivity index (χ1) is 9.61. The van der Waals surface area contributed by atoms with Crippen LogP contribution < -0.4 is 0 Å². The zero-order valence-electron chi connectivity index (χ0n) is 11.0. The fourth-order valence-electron chi connectivity index (χ4n) is 2.22. The minimum absolute atomic E-state index is 0.183. The Morgan fingerprint density at radius 2 is 1.80 bits per heavy atom. The molecule has 1 aromatic carbocycles. The van der Waals surface area contributed by atoms with Gasteiger partial charge in [0.25, 0.3) is 0 Å². The van der Waals surface area contributed by atoms with Gasteiger partial charge >= 0.3 is 0 Å². The van der Waals surface area contributed by atoms with Gasteiger partial charge in [-0.3, -0.25) is 9.69 Å². The Kier molecular flexibility index (Phi) is 4.64. The van der Waals surface area contributed by atoms with E-state index in [0.717, 1.165) is 12.1 Å². The summed E-state index contributed by atoms with van der Waals surface area (Å²) in [6.07, 6.45) is -0.267. The van der Waals surface area contributed by atoms with E-state index in [-0.39, 0.29) is 17.9 Å². The lowest BCUT2D eigenvalue weighted by atomic mass is 10.1. The normalized spacial score (nSPS) is 15.9. The fraction of sp³-hybridized carbons (Fsp3) is 0.429. The molecule has 1 saturated heterocycles. The van der Waals surface area contributed by atoms with Crippen molar-refractivity contribution in [1.82, 2.24) is 9.80 Å². The number of rotatable bonds is 3. The molecule has 20 heavy (non-hydrogen) atoms. The number of halogens is 2. The van der Waals surface area contributed by atoms with E-state index < -0.39 is 11.6 Å². The Morgan fingerprint density at radius 1 is 1.20 bits per heavy atom. The number of hydrogen-bond donors (Lipinski definition) is 0. The van der Waals surface area contributed by atoms with Crippen LogP contribution in [0, 0.1) is 23.0 Å². The molecule has 4 nitrogen and oxygen atoms in total. The van der Waals surface area contributed by atoms with Gasteiger partial charge in [-0.1, -0.05) is 6.07 Å². The molecule has 1 fully saturated rings. The van der Waals surface area contributed by atoms with Crippen LogP contribution in [-0.4, -0.2) is 48.4 Å². The summed E-state index contributed by atoms with van der Waals surface area (Å²) >= 11 is 0. The zero-order chi connectivity index (χ0) is 14.5. The number of carbonyl (C=O) groups is 1. The van der Waals surface area contributed by atoms with Crippen molar-refractivity contribution in [3.8, 4) is 6.07 Å². The van der Waals surface area contributed by atoms with Crippen molar-refractivity contribution in [2.75, 3.05) is 32.7 Å². The molecule has 1 heterocycles. The number of nitrogens with zero attached hydrogens (tertiary/aromatic N) is 3. The predicted molar refractivity (Wildman–Crippen MR) is 68.7 cm³/mol. The van der Waals surface area contributed by atoms with Crippen LogP contribution in [0.1, 0.15) is 5.56 Å². The summed E-state index contributed by atoms with van der Waals surface area (Å²) in [5, 5.41) is 8.59. The Bertz CT molecular complexity index is 513. The van der Waals surface area contributed by atoms with E-state index in [9.17, 15) is 13.6 Å². The molecule has 1 amide bonds. The standard InChI is InChI=1S/C14H15F2N3O/c15-12-2-1-3-13(16)11(12)10-14(20)19-8-6-18(5-4-17)7-9-19/h1-3H,5-10H2. The van der Waals surface area contributed by atoms with Crippen molar-refractivity contribution in [1.29, 1.82) is 5.26 Å². The Hall–Kier alpha value is -2.00. The van der Waals surface area contributed by atoms with Crippen LogP contribution in [0.2, 0.25) is 0 Å². The molecular weight excluding hydrogens is 264 g/mol. The van der Waals surface area contributed by atoms with Crippen molar-refractivity contribution in [3.63, 3.8) is 0 Å². The summed E-state index contributed by atoms with van der Waals surface area (Å²) in [4.78, 5) is 15.6. The van der Waals surface area contributed by atoms with Crippen LogP contribution in [-0.2, 0) is 11.2 Å². The lowest BCUT2D eigenvalue weighted by Gasteiger charge is -2.33. The van der Waals surface area contributed by atoms with Gasteiger partial charge in [0.05, 0.1) is 19.0 Å². The highest BCUT2D eigenvalue weighted by Crippen LogP contribution is 2.14. The molecule has 0 aliphatic carbocycles. The maximum Gasteiger partial charge on any atom is 0.227 e. The van der Waals surface area contributed by atoms with Crippen molar-refractivity contribution in [2.45, 2.75) is 6.42 Å². The van der Waals surface area contributed by atoms with Gasteiger partial charge in [-0.15, -0.1) is 0 Å². The molecular formula is C14H15F2N3O. The summed E-state index contributed by atoms with van der Waals surface area (Å²) in [5.74, 6) is -1.67. The van der Waals surface area contributed by atoms with E-state index in [1.54, 1.807) is 4.90 Å². The summed E-state index contributed by atoms with van der Waals surface area (Å²) in [6.45, 7) is 2.52. The first-order valence-corrected chi connectivity index (χ1v) is 6.42. The summed E-state index contributed by atoms with van der Waals surface area (Å²) in [6, 6.07) is 5.64. The lowest BCUT2D eigenvalue weighted by molar-refractivity contribution is -0.132. The minimum atomic E-state index is -0.693. The van der Waals surface area contributed by atoms with E-state index in [4.69, 9.17) is 5.26 Å². The SMILES string of the molecule is N#CCN1CCN(C(=O)Cc2c(F)cccc2F)CC1. The van der Waals surface area contributed by atoms with Crippen LogP contribution in [0.3, 0.4) is 0 Å². The highest BCUT2D eigenvalue weighted by Gasteiger charge is 2.22. The van der Waals surface area contributed by atoms with Crippen LogP contribution >= 0.6 is 0 Å². The Balaban J connectivity index is 1.95. The largest absolute Gasteiger partial charge is 0.340 e. The highest BCUT2D eigenvalue weighted by molar-refractivity contribution is 5.79. The molecule has 1 aliphatic rings. The van der Waals surface area contributed by atoms with E-state index in [0.29, 0.717) is 32.7 Å². The second kappa shape index (κ2) is 6.44.